The zero-order valence-electron chi connectivity index (χ0n) is 16.7. The van der Waals surface area contributed by atoms with E-state index in [1.165, 1.54) is 0 Å². The molecule has 0 aliphatic carbocycles. The van der Waals surface area contributed by atoms with E-state index in [1.807, 2.05) is 0 Å². The largest absolute Gasteiger partial charge is 0.357 e. The first-order valence-electron chi connectivity index (χ1n) is 9.46. The molecule has 2 N–H and O–H groups in total. The molecule has 138 valence electrons. The molecule has 0 saturated carbocycles. The van der Waals surface area contributed by atoms with Crippen LogP contribution in [0.1, 0.15) is 54.9 Å². The lowest BCUT2D eigenvalue weighted by Crippen LogP contribution is -2.45. The second-order valence-electron chi connectivity index (χ2n) is 6.49. The first-order chi connectivity index (χ1) is 11.0. The summed E-state index contributed by atoms with van der Waals surface area (Å²) in [6.07, 6.45) is 1.11. The van der Waals surface area contributed by atoms with Crippen molar-refractivity contribution in [3.8, 4) is 0 Å². The van der Waals surface area contributed by atoms with Crippen LogP contribution in [0.5, 0.6) is 0 Å². The Morgan fingerprint density at radius 2 is 1.52 bits per heavy atom. The van der Waals surface area contributed by atoms with Crippen molar-refractivity contribution in [3.63, 3.8) is 0 Å². The number of nitrogens with one attached hydrogen (secondary N) is 2. The predicted octanol–water partition coefficient (Wildman–Crippen LogP) is 2.39. The van der Waals surface area contributed by atoms with Gasteiger partial charge in [-0.3, -0.25) is 9.89 Å². The zero-order chi connectivity index (χ0) is 17.7. The summed E-state index contributed by atoms with van der Waals surface area (Å²) in [6.45, 7) is 22.7. The number of hydrogen-bond donors (Lipinski definition) is 2. The number of guanidine groups is 1. The van der Waals surface area contributed by atoms with Gasteiger partial charge < -0.3 is 15.5 Å². The van der Waals surface area contributed by atoms with Gasteiger partial charge in [0.1, 0.15) is 0 Å². The Hall–Kier alpha value is -0.810. The van der Waals surface area contributed by atoms with Crippen LogP contribution in [0.25, 0.3) is 0 Å². The van der Waals surface area contributed by atoms with Crippen LogP contribution in [0.3, 0.4) is 0 Å². The Balaban J connectivity index is 4.21. The van der Waals surface area contributed by atoms with Crippen LogP contribution in [-0.2, 0) is 0 Å². The number of rotatable bonds is 12. The summed E-state index contributed by atoms with van der Waals surface area (Å²) in [5.74, 6) is 0.944. The predicted molar refractivity (Wildman–Crippen MR) is 103 cm³/mol. The second-order valence-corrected chi connectivity index (χ2v) is 6.49. The summed E-state index contributed by atoms with van der Waals surface area (Å²) in [6, 6.07) is 1.15. The summed E-state index contributed by atoms with van der Waals surface area (Å²) >= 11 is 0. The minimum atomic E-state index is 0.574. The van der Waals surface area contributed by atoms with E-state index in [4.69, 9.17) is 0 Å². The van der Waals surface area contributed by atoms with Gasteiger partial charge in [-0.15, -0.1) is 0 Å². The van der Waals surface area contributed by atoms with Crippen molar-refractivity contribution in [2.24, 2.45) is 4.99 Å². The molecule has 0 fully saturated rings. The van der Waals surface area contributed by atoms with Gasteiger partial charge in [-0.1, -0.05) is 13.8 Å². The van der Waals surface area contributed by atoms with Gasteiger partial charge in [-0.25, -0.2) is 0 Å². The van der Waals surface area contributed by atoms with Gasteiger partial charge in [0.05, 0.1) is 0 Å². The molecule has 0 amide bonds. The molecule has 0 bridgehead atoms. The lowest BCUT2D eigenvalue weighted by atomic mass is 10.2. The van der Waals surface area contributed by atoms with E-state index >= 15 is 0 Å². The highest BCUT2D eigenvalue weighted by atomic mass is 15.2. The topological polar surface area (TPSA) is 42.9 Å². The molecule has 0 saturated heterocycles. The van der Waals surface area contributed by atoms with Gasteiger partial charge in [0, 0.05) is 38.3 Å². The minimum absolute atomic E-state index is 0.574. The maximum atomic E-state index is 4.69. The normalized spacial score (nSPS) is 12.7. The molecule has 0 atom stereocenters. The van der Waals surface area contributed by atoms with E-state index < -0.39 is 0 Å². The Kier molecular flexibility index (Phi) is 13.1. The fourth-order valence-electron chi connectivity index (χ4n) is 2.78. The van der Waals surface area contributed by atoms with Gasteiger partial charge in [0.2, 0.25) is 0 Å². The minimum Gasteiger partial charge on any atom is -0.357 e. The van der Waals surface area contributed by atoms with Gasteiger partial charge in [0.25, 0.3) is 0 Å². The molecule has 0 rings (SSSR count). The zero-order valence-corrected chi connectivity index (χ0v) is 16.7. The highest BCUT2D eigenvalue weighted by molar-refractivity contribution is 5.79. The van der Waals surface area contributed by atoms with Crippen molar-refractivity contribution < 1.29 is 0 Å². The highest BCUT2D eigenvalue weighted by Gasteiger charge is 2.12. The van der Waals surface area contributed by atoms with Gasteiger partial charge in [0.15, 0.2) is 5.96 Å². The van der Waals surface area contributed by atoms with Crippen molar-refractivity contribution >= 4 is 5.96 Å². The maximum Gasteiger partial charge on any atom is 0.191 e. The third-order valence-electron chi connectivity index (χ3n) is 4.13. The van der Waals surface area contributed by atoms with E-state index in [0.717, 1.165) is 58.2 Å². The first-order valence-corrected chi connectivity index (χ1v) is 9.46. The summed E-state index contributed by atoms with van der Waals surface area (Å²) in [5, 5.41) is 6.80. The molecule has 0 aliphatic rings. The van der Waals surface area contributed by atoms with Crippen molar-refractivity contribution in [2.75, 3.05) is 45.8 Å². The van der Waals surface area contributed by atoms with E-state index in [9.17, 15) is 0 Å². The standard InChI is InChI=1S/C18H41N5/c1-8-19-18(20-12-11-14-22(9-2)10-3)21-13-15-23(16(4)5)17(6)7/h16-17H,8-15H2,1-7H3,(H2,19,20,21). The molecule has 0 spiro atoms. The third kappa shape index (κ3) is 10.6. The molecule has 23 heavy (non-hydrogen) atoms. The molecule has 0 aromatic carbocycles. The van der Waals surface area contributed by atoms with Crippen molar-refractivity contribution in [1.29, 1.82) is 0 Å². The van der Waals surface area contributed by atoms with Crippen LogP contribution in [-0.4, -0.2) is 73.7 Å². The summed E-state index contributed by atoms with van der Waals surface area (Å²) < 4.78 is 0. The summed E-state index contributed by atoms with van der Waals surface area (Å²) in [4.78, 5) is 9.63. The molecule has 5 nitrogen and oxygen atoms in total. The molecule has 0 aromatic heterocycles. The molecule has 0 radical (unpaired) electrons. The number of aliphatic imine (C=N–C) groups is 1. The van der Waals surface area contributed by atoms with Gasteiger partial charge in [-0.2, -0.15) is 0 Å². The Bertz CT molecular complexity index is 290. The molecule has 0 aromatic rings. The molecular formula is C18H41N5. The van der Waals surface area contributed by atoms with E-state index in [2.05, 4.69) is 73.9 Å². The van der Waals surface area contributed by atoms with Crippen molar-refractivity contribution in [2.45, 2.75) is 67.0 Å². The Labute approximate surface area is 144 Å². The second kappa shape index (κ2) is 13.6. The lowest BCUT2D eigenvalue weighted by Gasteiger charge is -2.30. The Morgan fingerprint density at radius 1 is 0.913 bits per heavy atom. The molecule has 0 aliphatic heterocycles. The summed E-state index contributed by atoms with van der Waals surface area (Å²) in [5.41, 5.74) is 0. The van der Waals surface area contributed by atoms with Gasteiger partial charge >= 0.3 is 0 Å². The van der Waals surface area contributed by atoms with E-state index in [-0.39, 0.29) is 0 Å². The number of nitrogens with zero attached hydrogens (tertiary/aromatic N) is 3. The molecular weight excluding hydrogens is 286 g/mol. The smallest absolute Gasteiger partial charge is 0.191 e. The van der Waals surface area contributed by atoms with Crippen LogP contribution in [0.4, 0.5) is 0 Å². The van der Waals surface area contributed by atoms with Crippen LogP contribution >= 0.6 is 0 Å². The fraction of sp³-hybridized carbons (Fsp3) is 0.944. The van der Waals surface area contributed by atoms with Crippen LogP contribution in [0, 0.1) is 0 Å². The third-order valence-corrected chi connectivity index (χ3v) is 4.13. The lowest BCUT2D eigenvalue weighted by molar-refractivity contribution is 0.178. The van der Waals surface area contributed by atoms with Gasteiger partial charge in [-0.05, 0) is 60.7 Å². The Morgan fingerprint density at radius 3 is 2.00 bits per heavy atom. The molecule has 5 heteroatoms. The number of hydrogen-bond acceptors (Lipinski definition) is 3. The maximum absolute atomic E-state index is 4.69. The molecule has 0 unspecified atom stereocenters. The van der Waals surface area contributed by atoms with E-state index in [0.29, 0.717) is 12.1 Å². The van der Waals surface area contributed by atoms with E-state index in [1.54, 1.807) is 0 Å². The summed E-state index contributed by atoms with van der Waals surface area (Å²) in [7, 11) is 0. The average Bonchev–Trinajstić information content (AvgIpc) is 2.50. The fourth-order valence-corrected chi connectivity index (χ4v) is 2.78. The van der Waals surface area contributed by atoms with Crippen molar-refractivity contribution in [1.82, 2.24) is 20.4 Å². The van der Waals surface area contributed by atoms with Crippen molar-refractivity contribution in [3.05, 3.63) is 0 Å². The quantitative estimate of drug-likeness (QED) is 0.328. The SMILES string of the molecule is CCNC(=NCCCN(CC)CC)NCCN(C(C)C)C(C)C. The molecule has 0 heterocycles. The average molecular weight is 328 g/mol. The van der Waals surface area contributed by atoms with Crippen LogP contribution < -0.4 is 10.6 Å². The first kappa shape index (κ1) is 22.2. The van der Waals surface area contributed by atoms with Crippen LogP contribution in [0.2, 0.25) is 0 Å². The monoisotopic (exact) mass is 327 g/mol. The highest BCUT2D eigenvalue weighted by Crippen LogP contribution is 2.03. The van der Waals surface area contributed by atoms with Crippen LogP contribution in [0.15, 0.2) is 4.99 Å².